The van der Waals surface area contributed by atoms with E-state index in [1.54, 1.807) is 17.4 Å². The van der Waals surface area contributed by atoms with Gasteiger partial charge in [-0.1, -0.05) is 12.1 Å². The van der Waals surface area contributed by atoms with E-state index in [2.05, 4.69) is 20.1 Å². The summed E-state index contributed by atoms with van der Waals surface area (Å²) < 4.78 is 13.4. The minimum Gasteiger partial charge on any atom is -0.350 e. The number of halogens is 1. The fourth-order valence-corrected chi connectivity index (χ4v) is 3.97. The second kappa shape index (κ2) is 8.46. The van der Waals surface area contributed by atoms with Gasteiger partial charge in [0.15, 0.2) is 0 Å². The van der Waals surface area contributed by atoms with Crippen LogP contribution >= 0.6 is 11.3 Å². The first-order valence-electron chi connectivity index (χ1n) is 9.24. The van der Waals surface area contributed by atoms with Crippen molar-refractivity contribution in [3.05, 3.63) is 40.5 Å². The predicted molar refractivity (Wildman–Crippen MR) is 107 cm³/mol. The molecule has 0 bridgehead atoms. The summed E-state index contributed by atoms with van der Waals surface area (Å²) in [7, 11) is 0. The van der Waals surface area contributed by atoms with Crippen LogP contribution in [0.2, 0.25) is 0 Å². The van der Waals surface area contributed by atoms with Gasteiger partial charge in [0.05, 0.1) is 18.8 Å². The maximum absolute atomic E-state index is 13.4. The molecule has 0 unspecified atom stereocenters. The van der Waals surface area contributed by atoms with Crippen molar-refractivity contribution in [2.75, 3.05) is 32.7 Å². The molecule has 1 amide bonds. The minimum absolute atomic E-state index is 0.0793. The van der Waals surface area contributed by atoms with Crippen LogP contribution in [0.15, 0.2) is 29.6 Å². The van der Waals surface area contributed by atoms with E-state index in [1.165, 1.54) is 12.1 Å². The van der Waals surface area contributed by atoms with Crippen LogP contribution in [0.4, 0.5) is 4.39 Å². The van der Waals surface area contributed by atoms with Gasteiger partial charge < -0.3 is 5.32 Å². The Morgan fingerprint density at radius 1 is 1.22 bits per heavy atom. The lowest BCUT2D eigenvalue weighted by Gasteiger charge is -2.34. The van der Waals surface area contributed by atoms with Crippen molar-refractivity contribution >= 4 is 17.2 Å². The maximum Gasteiger partial charge on any atom is 0.234 e. The molecule has 3 rings (SSSR count). The van der Waals surface area contributed by atoms with Gasteiger partial charge in [0, 0.05) is 42.7 Å². The molecule has 2 aromatic rings. The maximum atomic E-state index is 13.4. The van der Waals surface area contributed by atoms with Crippen molar-refractivity contribution in [2.45, 2.75) is 32.9 Å². The predicted octanol–water partition coefficient (Wildman–Crippen LogP) is 2.98. The van der Waals surface area contributed by atoms with Gasteiger partial charge >= 0.3 is 0 Å². The van der Waals surface area contributed by atoms with Gasteiger partial charge in [-0.2, -0.15) is 0 Å². The smallest absolute Gasteiger partial charge is 0.234 e. The van der Waals surface area contributed by atoms with E-state index in [0.717, 1.165) is 49.0 Å². The number of thiazole rings is 1. The van der Waals surface area contributed by atoms with Crippen molar-refractivity contribution in [3.63, 3.8) is 0 Å². The second-order valence-corrected chi connectivity index (χ2v) is 8.93. The quantitative estimate of drug-likeness (QED) is 0.853. The number of amides is 1. The Kier molecular flexibility index (Phi) is 6.24. The average molecular weight is 391 g/mol. The highest BCUT2D eigenvalue weighted by Gasteiger charge is 2.21. The summed E-state index contributed by atoms with van der Waals surface area (Å²) in [6.07, 6.45) is 0. The van der Waals surface area contributed by atoms with Crippen molar-refractivity contribution in [2.24, 2.45) is 0 Å². The van der Waals surface area contributed by atoms with Gasteiger partial charge in [-0.05, 0) is 32.9 Å². The number of hydrogen-bond donors (Lipinski definition) is 1. The second-order valence-electron chi connectivity index (χ2n) is 7.99. The van der Waals surface area contributed by atoms with Crippen LogP contribution in [0.25, 0.3) is 11.3 Å². The molecular weight excluding hydrogens is 363 g/mol. The molecule has 0 aliphatic carbocycles. The minimum atomic E-state index is -0.242. The summed E-state index contributed by atoms with van der Waals surface area (Å²) in [5, 5.41) is 6.03. The Balaban J connectivity index is 1.48. The highest BCUT2D eigenvalue weighted by molar-refractivity contribution is 7.09. The third-order valence-corrected chi connectivity index (χ3v) is 5.21. The van der Waals surface area contributed by atoms with Crippen LogP contribution < -0.4 is 5.32 Å². The van der Waals surface area contributed by atoms with Crippen molar-refractivity contribution in [3.8, 4) is 11.3 Å². The van der Waals surface area contributed by atoms with E-state index in [1.807, 2.05) is 32.2 Å². The molecule has 5 nitrogen and oxygen atoms in total. The molecule has 2 heterocycles. The molecule has 1 fully saturated rings. The molecule has 7 heteroatoms. The lowest BCUT2D eigenvalue weighted by atomic mass is 10.1. The van der Waals surface area contributed by atoms with Crippen LogP contribution in [0, 0.1) is 5.82 Å². The van der Waals surface area contributed by atoms with E-state index >= 15 is 0 Å². The third-order valence-electron chi connectivity index (χ3n) is 4.38. The van der Waals surface area contributed by atoms with E-state index < -0.39 is 0 Å². The van der Waals surface area contributed by atoms with Crippen LogP contribution in [-0.4, -0.2) is 59.0 Å². The molecule has 1 aliphatic rings. The molecule has 0 radical (unpaired) electrons. The first-order chi connectivity index (χ1) is 12.8. The lowest BCUT2D eigenvalue weighted by molar-refractivity contribution is -0.124. The Bertz CT molecular complexity index is 778. The number of benzene rings is 1. The number of aromatic nitrogens is 1. The number of piperazine rings is 1. The molecule has 0 atom stereocenters. The molecule has 1 aliphatic heterocycles. The molecule has 146 valence electrons. The van der Waals surface area contributed by atoms with Gasteiger partial charge in [-0.3, -0.25) is 14.6 Å². The van der Waals surface area contributed by atoms with Gasteiger partial charge in [0.25, 0.3) is 0 Å². The summed E-state index contributed by atoms with van der Waals surface area (Å²) in [5.74, 6) is -0.163. The fourth-order valence-electron chi connectivity index (χ4n) is 3.12. The highest BCUT2D eigenvalue weighted by Crippen LogP contribution is 2.23. The summed E-state index contributed by atoms with van der Waals surface area (Å²) in [6, 6.07) is 6.54. The number of carbonyl (C=O) groups excluding carboxylic acids is 1. The molecule has 0 saturated carbocycles. The zero-order valence-corrected chi connectivity index (χ0v) is 17.0. The molecule has 1 aromatic heterocycles. The zero-order valence-electron chi connectivity index (χ0n) is 16.2. The largest absolute Gasteiger partial charge is 0.350 e. The van der Waals surface area contributed by atoms with Crippen molar-refractivity contribution in [1.82, 2.24) is 20.1 Å². The topological polar surface area (TPSA) is 48.5 Å². The standard InChI is InChI=1S/C20H27FN4OS/c1-20(2,3)23-18(26)12-24-7-9-25(10-8-24)13-19-22-17(14-27-19)15-5-4-6-16(21)11-15/h4-6,11,14H,7-10,12-13H2,1-3H3,(H,23,26). The zero-order chi connectivity index (χ0) is 19.4. The van der Waals surface area contributed by atoms with Crippen LogP contribution in [-0.2, 0) is 11.3 Å². The van der Waals surface area contributed by atoms with Crippen molar-refractivity contribution < 1.29 is 9.18 Å². The molecule has 27 heavy (non-hydrogen) atoms. The Morgan fingerprint density at radius 2 is 1.93 bits per heavy atom. The van der Waals surface area contributed by atoms with E-state index in [4.69, 9.17) is 0 Å². The SMILES string of the molecule is CC(C)(C)NC(=O)CN1CCN(Cc2nc(-c3cccc(F)c3)cs2)CC1. The van der Waals surface area contributed by atoms with E-state index in [9.17, 15) is 9.18 Å². The van der Waals surface area contributed by atoms with Gasteiger partial charge in [0.2, 0.25) is 5.91 Å². The number of nitrogens with zero attached hydrogens (tertiary/aromatic N) is 3. The number of carbonyl (C=O) groups is 1. The Hall–Kier alpha value is -1.83. The van der Waals surface area contributed by atoms with Crippen LogP contribution in [0.3, 0.4) is 0 Å². The monoisotopic (exact) mass is 390 g/mol. The van der Waals surface area contributed by atoms with Crippen LogP contribution in [0.1, 0.15) is 25.8 Å². The number of rotatable bonds is 5. The third kappa shape index (κ3) is 6.09. The molecule has 1 saturated heterocycles. The summed E-state index contributed by atoms with van der Waals surface area (Å²) in [6.45, 7) is 10.8. The first kappa shape index (κ1) is 19.9. The molecule has 1 aromatic carbocycles. The molecule has 1 N–H and O–H groups in total. The highest BCUT2D eigenvalue weighted by atomic mass is 32.1. The number of nitrogens with one attached hydrogen (secondary N) is 1. The summed E-state index contributed by atoms with van der Waals surface area (Å²) in [4.78, 5) is 21.3. The first-order valence-corrected chi connectivity index (χ1v) is 10.1. The normalized spacial score (nSPS) is 16.4. The fraction of sp³-hybridized carbons (Fsp3) is 0.500. The Morgan fingerprint density at radius 3 is 2.59 bits per heavy atom. The van der Waals surface area contributed by atoms with Gasteiger partial charge in [0.1, 0.15) is 10.8 Å². The van der Waals surface area contributed by atoms with E-state index in [0.29, 0.717) is 6.54 Å². The van der Waals surface area contributed by atoms with Crippen molar-refractivity contribution in [1.29, 1.82) is 0 Å². The Labute approximate surface area is 164 Å². The number of hydrogen-bond acceptors (Lipinski definition) is 5. The lowest BCUT2D eigenvalue weighted by Crippen LogP contribution is -2.51. The van der Waals surface area contributed by atoms with Gasteiger partial charge in [-0.25, -0.2) is 9.37 Å². The average Bonchev–Trinajstić information content (AvgIpc) is 3.03. The molecule has 0 spiro atoms. The van der Waals surface area contributed by atoms with Crippen LogP contribution in [0.5, 0.6) is 0 Å². The van der Waals surface area contributed by atoms with E-state index in [-0.39, 0.29) is 17.3 Å². The summed E-state index contributed by atoms with van der Waals surface area (Å²) >= 11 is 1.61. The van der Waals surface area contributed by atoms with Gasteiger partial charge in [-0.15, -0.1) is 11.3 Å². The molecular formula is C20H27FN4OS. The summed E-state index contributed by atoms with van der Waals surface area (Å²) in [5.41, 5.74) is 1.45.